The van der Waals surface area contributed by atoms with E-state index in [0.29, 0.717) is 5.76 Å². The largest absolute Gasteiger partial charge is 0.467 e. The maximum Gasteiger partial charge on any atom is 0.416 e. The third kappa shape index (κ3) is 4.03. The van der Waals surface area contributed by atoms with E-state index in [2.05, 4.69) is 5.32 Å². The van der Waals surface area contributed by atoms with E-state index in [1.807, 2.05) is 0 Å². The van der Waals surface area contributed by atoms with Crippen molar-refractivity contribution < 1.29 is 22.4 Å². The Morgan fingerprint density at radius 2 is 1.95 bits per heavy atom. The molecule has 0 saturated carbocycles. The molecule has 2 amide bonds. The Bertz CT molecular complexity index is 624. The van der Waals surface area contributed by atoms with E-state index in [1.54, 1.807) is 12.1 Å². The van der Waals surface area contributed by atoms with Gasteiger partial charge in [-0.25, -0.2) is 4.79 Å². The second kappa shape index (κ2) is 6.55. The molecular formula is C15H15F3N2O2. The normalized spacial score (nSPS) is 11.3. The summed E-state index contributed by atoms with van der Waals surface area (Å²) >= 11 is 0. The van der Waals surface area contributed by atoms with Gasteiger partial charge in [0.25, 0.3) is 0 Å². The topological polar surface area (TPSA) is 45.5 Å². The van der Waals surface area contributed by atoms with Crippen LogP contribution < -0.4 is 5.32 Å². The molecule has 1 aromatic heterocycles. The lowest BCUT2D eigenvalue weighted by Crippen LogP contribution is -2.36. The van der Waals surface area contributed by atoms with Gasteiger partial charge in [-0.05, 0) is 23.8 Å². The van der Waals surface area contributed by atoms with Crippen molar-refractivity contribution >= 4 is 6.03 Å². The van der Waals surface area contributed by atoms with Gasteiger partial charge >= 0.3 is 12.2 Å². The number of benzene rings is 1. The Hall–Kier alpha value is -2.44. The molecular weight excluding hydrogens is 297 g/mol. The van der Waals surface area contributed by atoms with E-state index in [9.17, 15) is 18.0 Å². The minimum atomic E-state index is -4.44. The van der Waals surface area contributed by atoms with Gasteiger partial charge in [0.2, 0.25) is 0 Å². The summed E-state index contributed by atoms with van der Waals surface area (Å²) in [5.41, 5.74) is -0.689. The first-order valence-corrected chi connectivity index (χ1v) is 6.54. The lowest BCUT2D eigenvalue weighted by Gasteiger charge is -2.20. The molecule has 1 heterocycles. The number of nitrogens with zero attached hydrogens (tertiary/aromatic N) is 1. The van der Waals surface area contributed by atoms with E-state index in [-0.39, 0.29) is 18.7 Å². The van der Waals surface area contributed by atoms with Crippen molar-refractivity contribution in [3.63, 3.8) is 0 Å². The van der Waals surface area contributed by atoms with Crippen molar-refractivity contribution in [2.75, 3.05) is 7.05 Å². The van der Waals surface area contributed by atoms with Crippen LogP contribution >= 0.6 is 0 Å². The lowest BCUT2D eigenvalue weighted by molar-refractivity contribution is -0.138. The Kier molecular flexibility index (Phi) is 4.75. The second-order valence-corrected chi connectivity index (χ2v) is 4.75. The quantitative estimate of drug-likeness (QED) is 0.937. The number of halogens is 3. The predicted molar refractivity (Wildman–Crippen MR) is 73.9 cm³/mol. The van der Waals surface area contributed by atoms with Crippen molar-refractivity contribution in [3.8, 4) is 0 Å². The van der Waals surface area contributed by atoms with Gasteiger partial charge in [0.05, 0.1) is 18.4 Å². The summed E-state index contributed by atoms with van der Waals surface area (Å²) < 4.78 is 43.8. The predicted octanol–water partition coefficient (Wildman–Crippen LogP) is 3.64. The summed E-state index contributed by atoms with van der Waals surface area (Å²) in [6.45, 7) is 0.0385. The number of amides is 2. The molecule has 1 N–H and O–H groups in total. The van der Waals surface area contributed by atoms with Crippen LogP contribution in [0.2, 0.25) is 0 Å². The van der Waals surface area contributed by atoms with Crippen LogP contribution in [0.4, 0.5) is 18.0 Å². The Balaban J connectivity index is 1.99. The molecule has 0 spiro atoms. The molecule has 0 aliphatic carbocycles. The van der Waals surface area contributed by atoms with Gasteiger partial charge in [0, 0.05) is 13.6 Å². The van der Waals surface area contributed by atoms with Crippen LogP contribution in [0.5, 0.6) is 0 Å². The van der Waals surface area contributed by atoms with Crippen molar-refractivity contribution in [1.82, 2.24) is 10.2 Å². The number of carbonyl (C=O) groups excluding carboxylic acids is 1. The molecule has 22 heavy (non-hydrogen) atoms. The fourth-order valence-corrected chi connectivity index (χ4v) is 1.97. The van der Waals surface area contributed by atoms with Crippen LogP contribution in [0, 0.1) is 0 Å². The number of hydrogen-bond donors (Lipinski definition) is 1. The summed E-state index contributed by atoms with van der Waals surface area (Å²) in [6.07, 6.45) is -2.97. The lowest BCUT2D eigenvalue weighted by atomic mass is 10.1. The highest BCUT2D eigenvalue weighted by molar-refractivity contribution is 5.73. The molecule has 2 aromatic rings. The van der Waals surface area contributed by atoms with Gasteiger partial charge in [0.15, 0.2) is 0 Å². The number of rotatable bonds is 4. The molecule has 0 radical (unpaired) electrons. The van der Waals surface area contributed by atoms with E-state index < -0.39 is 17.8 Å². The van der Waals surface area contributed by atoms with Crippen LogP contribution in [0.15, 0.2) is 47.1 Å². The number of furan rings is 1. The van der Waals surface area contributed by atoms with Crippen molar-refractivity contribution in [1.29, 1.82) is 0 Å². The first kappa shape index (κ1) is 15.9. The molecule has 0 bridgehead atoms. The second-order valence-electron chi connectivity index (χ2n) is 4.75. The van der Waals surface area contributed by atoms with E-state index >= 15 is 0 Å². The van der Waals surface area contributed by atoms with Gasteiger partial charge in [-0.2, -0.15) is 13.2 Å². The zero-order valence-electron chi connectivity index (χ0n) is 11.9. The first-order chi connectivity index (χ1) is 10.4. The van der Waals surface area contributed by atoms with Crippen LogP contribution in [-0.2, 0) is 19.3 Å². The van der Waals surface area contributed by atoms with Gasteiger partial charge < -0.3 is 14.6 Å². The van der Waals surface area contributed by atoms with E-state index in [4.69, 9.17) is 4.42 Å². The fraction of sp³-hybridized carbons (Fsp3) is 0.267. The zero-order valence-corrected chi connectivity index (χ0v) is 11.9. The third-order valence-corrected chi connectivity index (χ3v) is 3.07. The summed E-state index contributed by atoms with van der Waals surface area (Å²) in [5.74, 6) is 0.567. The van der Waals surface area contributed by atoms with Crippen molar-refractivity contribution in [3.05, 3.63) is 59.5 Å². The van der Waals surface area contributed by atoms with Crippen LogP contribution in [0.25, 0.3) is 0 Å². The highest BCUT2D eigenvalue weighted by Crippen LogP contribution is 2.32. The molecule has 4 nitrogen and oxygen atoms in total. The Morgan fingerprint density at radius 3 is 2.59 bits per heavy atom. The van der Waals surface area contributed by atoms with E-state index in [0.717, 1.165) is 6.07 Å². The number of urea groups is 1. The molecule has 2 rings (SSSR count). The molecule has 0 saturated heterocycles. The summed E-state index contributed by atoms with van der Waals surface area (Å²) in [6, 6.07) is 8.10. The maximum absolute atomic E-state index is 12.9. The Labute approximate surface area is 125 Å². The van der Waals surface area contributed by atoms with Crippen LogP contribution in [-0.4, -0.2) is 18.0 Å². The van der Waals surface area contributed by atoms with Gasteiger partial charge in [-0.15, -0.1) is 0 Å². The zero-order chi connectivity index (χ0) is 16.2. The highest BCUT2D eigenvalue weighted by atomic mass is 19.4. The number of nitrogens with one attached hydrogen (secondary N) is 1. The molecule has 0 aliphatic heterocycles. The molecule has 0 unspecified atom stereocenters. The summed E-state index contributed by atoms with van der Waals surface area (Å²) in [5, 5.41) is 2.58. The molecule has 7 heteroatoms. The average molecular weight is 312 g/mol. The van der Waals surface area contributed by atoms with Gasteiger partial charge in [0.1, 0.15) is 5.76 Å². The first-order valence-electron chi connectivity index (χ1n) is 6.54. The summed E-state index contributed by atoms with van der Waals surface area (Å²) in [7, 11) is 1.44. The van der Waals surface area contributed by atoms with Gasteiger partial charge in [-0.1, -0.05) is 18.2 Å². The molecule has 0 fully saturated rings. The maximum atomic E-state index is 12.9. The standard InChI is InChI=1S/C15H15F3N2O2/c1-20(14(21)19-9-12-6-4-8-22-12)10-11-5-2-3-7-13(11)15(16,17)18/h2-8H,9-10H2,1H3,(H,19,21). The molecule has 0 aliphatic rings. The van der Waals surface area contributed by atoms with Gasteiger partial charge in [-0.3, -0.25) is 0 Å². The monoisotopic (exact) mass is 312 g/mol. The molecule has 118 valence electrons. The molecule has 0 atom stereocenters. The number of carbonyl (C=O) groups is 1. The fourth-order valence-electron chi connectivity index (χ4n) is 1.97. The minimum absolute atomic E-state index is 0.0469. The van der Waals surface area contributed by atoms with Crippen molar-refractivity contribution in [2.24, 2.45) is 0 Å². The smallest absolute Gasteiger partial charge is 0.416 e. The molecule has 1 aromatic carbocycles. The summed E-state index contributed by atoms with van der Waals surface area (Å²) in [4.78, 5) is 13.1. The SMILES string of the molecule is CN(Cc1ccccc1C(F)(F)F)C(=O)NCc1ccco1. The Morgan fingerprint density at radius 1 is 1.23 bits per heavy atom. The average Bonchev–Trinajstić information content (AvgIpc) is 2.97. The van der Waals surface area contributed by atoms with E-state index in [1.165, 1.54) is 36.4 Å². The highest BCUT2D eigenvalue weighted by Gasteiger charge is 2.33. The van der Waals surface area contributed by atoms with Crippen LogP contribution in [0.1, 0.15) is 16.9 Å². The minimum Gasteiger partial charge on any atom is -0.467 e. The third-order valence-electron chi connectivity index (χ3n) is 3.07. The van der Waals surface area contributed by atoms with Crippen molar-refractivity contribution in [2.45, 2.75) is 19.3 Å². The number of alkyl halides is 3. The van der Waals surface area contributed by atoms with Crippen LogP contribution in [0.3, 0.4) is 0 Å². The number of hydrogen-bond acceptors (Lipinski definition) is 2.